The molecule has 2 N–H and O–H groups in total. The minimum Gasteiger partial charge on any atom is -0.489 e. The molecule has 0 saturated carbocycles. The Morgan fingerprint density at radius 1 is 1.14 bits per heavy atom. The van der Waals surface area contributed by atoms with Gasteiger partial charge in [-0.05, 0) is 30.7 Å². The van der Waals surface area contributed by atoms with Crippen LogP contribution in [0.4, 0.5) is 0 Å². The van der Waals surface area contributed by atoms with Gasteiger partial charge in [0.1, 0.15) is 12.4 Å². The van der Waals surface area contributed by atoms with Gasteiger partial charge in [-0.1, -0.05) is 29.8 Å². The summed E-state index contributed by atoms with van der Waals surface area (Å²) in [6.45, 7) is 2.67. The van der Waals surface area contributed by atoms with Crippen molar-refractivity contribution in [3.8, 4) is 5.75 Å². The van der Waals surface area contributed by atoms with E-state index in [9.17, 15) is 9.90 Å². The fourth-order valence-electron chi connectivity index (χ4n) is 3.47. The highest BCUT2D eigenvalue weighted by Gasteiger charge is 2.19. The number of benzene rings is 2. The van der Waals surface area contributed by atoms with Gasteiger partial charge in [-0.25, -0.2) is 9.78 Å². The molecule has 0 aliphatic heterocycles. The van der Waals surface area contributed by atoms with Gasteiger partial charge in [-0.15, -0.1) is 0 Å². The molecule has 6 nitrogen and oxygen atoms in total. The van der Waals surface area contributed by atoms with Gasteiger partial charge in [0.25, 0.3) is 0 Å². The first-order valence-corrected chi connectivity index (χ1v) is 8.90. The number of H-pyrrole nitrogens is 1. The molecule has 2 aromatic heterocycles. The fraction of sp³-hybridized carbons (Fsp3) is 0.182. The average Bonchev–Trinajstić information content (AvgIpc) is 3.05. The number of rotatable bonds is 6. The molecule has 0 aliphatic rings. The average molecular weight is 376 g/mol. The van der Waals surface area contributed by atoms with Crippen LogP contribution in [0.3, 0.4) is 0 Å². The number of ether oxygens (including phenoxy) is 2. The lowest BCUT2D eigenvalue weighted by Crippen LogP contribution is -2.07. The highest BCUT2D eigenvalue weighted by atomic mass is 16.5. The monoisotopic (exact) mass is 376 g/mol. The predicted octanol–water partition coefficient (Wildman–Crippen LogP) is 4.45. The summed E-state index contributed by atoms with van der Waals surface area (Å²) in [5.74, 6) is -0.359. The lowest BCUT2D eigenvalue weighted by Gasteiger charge is -2.09. The van der Waals surface area contributed by atoms with Gasteiger partial charge in [0.15, 0.2) is 5.69 Å². The number of carboxylic acids is 1. The molecule has 0 bridgehead atoms. The van der Waals surface area contributed by atoms with Gasteiger partial charge >= 0.3 is 5.97 Å². The predicted molar refractivity (Wildman–Crippen MR) is 107 cm³/mol. The number of nitrogens with zero attached hydrogens (tertiary/aromatic N) is 1. The molecule has 0 atom stereocenters. The van der Waals surface area contributed by atoms with Crippen LogP contribution in [0.15, 0.2) is 48.7 Å². The molecule has 0 radical (unpaired) electrons. The standard InChI is InChI=1S/C22H20N2O4/c1-13-4-3-5-14(8-13)11-28-15-6-7-18-16(9-15)20-17(12-27-2)21(22(25)26)23-10-19(20)24-18/h3-10,24H,11-12H2,1-2H3,(H,25,26). The number of aromatic nitrogens is 2. The summed E-state index contributed by atoms with van der Waals surface area (Å²) in [4.78, 5) is 19.0. The van der Waals surface area contributed by atoms with Crippen LogP contribution in [-0.2, 0) is 18.0 Å². The molecule has 6 heteroatoms. The first-order chi connectivity index (χ1) is 13.6. The SMILES string of the molecule is COCc1c(C(=O)O)ncc2[nH]c3ccc(OCc4cccc(C)c4)cc3c12. The topological polar surface area (TPSA) is 84.4 Å². The van der Waals surface area contributed by atoms with Crippen LogP contribution in [0.25, 0.3) is 21.8 Å². The van der Waals surface area contributed by atoms with Crippen LogP contribution in [0.5, 0.6) is 5.75 Å². The number of fused-ring (bicyclic) bond motifs is 3. The molecule has 0 unspecified atom stereocenters. The molecule has 142 valence electrons. The molecular weight excluding hydrogens is 356 g/mol. The van der Waals surface area contributed by atoms with E-state index in [1.807, 2.05) is 43.3 Å². The summed E-state index contributed by atoms with van der Waals surface area (Å²) in [5.41, 5.74) is 4.49. The molecule has 2 aromatic carbocycles. The minimum absolute atomic E-state index is 0.00123. The van der Waals surface area contributed by atoms with Gasteiger partial charge in [0, 0.05) is 29.0 Å². The van der Waals surface area contributed by atoms with Crippen LogP contribution in [0.2, 0.25) is 0 Å². The van der Waals surface area contributed by atoms with Gasteiger partial charge in [0.2, 0.25) is 0 Å². The molecule has 28 heavy (non-hydrogen) atoms. The molecule has 0 amide bonds. The van der Waals surface area contributed by atoms with Crippen LogP contribution in [-0.4, -0.2) is 28.2 Å². The van der Waals surface area contributed by atoms with E-state index in [4.69, 9.17) is 9.47 Å². The lowest BCUT2D eigenvalue weighted by molar-refractivity contribution is 0.0685. The maximum atomic E-state index is 11.6. The van der Waals surface area contributed by atoms with Crippen molar-refractivity contribution in [3.63, 3.8) is 0 Å². The second kappa shape index (κ2) is 7.32. The Labute approximate surface area is 161 Å². The van der Waals surface area contributed by atoms with Crippen molar-refractivity contribution in [1.29, 1.82) is 0 Å². The molecule has 0 fully saturated rings. The number of hydrogen-bond donors (Lipinski definition) is 2. The fourth-order valence-corrected chi connectivity index (χ4v) is 3.47. The zero-order valence-corrected chi connectivity index (χ0v) is 15.7. The number of carboxylic acid groups (broad SMARTS) is 1. The second-order valence-electron chi connectivity index (χ2n) is 6.72. The van der Waals surface area contributed by atoms with Gasteiger partial charge < -0.3 is 19.6 Å². The van der Waals surface area contributed by atoms with E-state index in [2.05, 4.69) is 16.0 Å². The Morgan fingerprint density at radius 2 is 2.00 bits per heavy atom. The molecule has 2 heterocycles. The zero-order valence-electron chi connectivity index (χ0n) is 15.7. The van der Waals surface area contributed by atoms with Crippen molar-refractivity contribution in [2.75, 3.05) is 7.11 Å². The summed E-state index contributed by atoms with van der Waals surface area (Å²) < 4.78 is 11.2. The number of aromatic amines is 1. The summed E-state index contributed by atoms with van der Waals surface area (Å²) in [5, 5.41) is 11.2. The first kappa shape index (κ1) is 18.0. The van der Waals surface area contributed by atoms with Crippen LogP contribution in [0, 0.1) is 6.92 Å². The van der Waals surface area contributed by atoms with E-state index in [0.29, 0.717) is 17.9 Å². The smallest absolute Gasteiger partial charge is 0.354 e. The van der Waals surface area contributed by atoms with Crippen molar-refractivity contribution in [1.82, 2.24) is 9.97 Å². The van der Waals surface area contributed by atoms with E-state index in [1.54, 1.807) is 6.20 Å². The third-order valence-corrected chi connectivity index (χ3v) is 4.69. The molecule has 0 spiro atoms. The number of methoxy groups -OCH3 is 1. The normalized spacial score (nSPS) is 11.2. The highest BCUT2D eigenvalue weighted by Crippen LogP contribution is 2.32. The molecular formula is C22H20N2O4. The maximum absolute atomic E-state index is 11.6. The van der Waals surface area contributed by atoms with Crippen LogP contribution < -0.4 is 4.74 Å². The van der Waals surface area contributed by atoms with Gasteiger partial charge in [0.05, 0.1) is 18.3 Å². The van der Waals surface area contributed by atoms with Crippen LogP contribution in [0.1, 0.15) is 27.2 Å². The summed E-state index contributed by atoms with van der Waals surface area (Å²) >= 11 is 0. The van der Waals surface area contributed by atoms with E-state index >= 15 is 0 Å². The number of nitrogens with one attached hydrogen (secondary N) is 1. The number of carbonyl (C=O) groups is 1. The molecule has 0 aliphatic carbocycles. The van der Waals surface area contributed by atoms with E-state index in [-0.39, 0.29) is 12.3 Å². The second-order valence-corrected chi connectivity index (χ2v) is 6.72. The van der Waals surface area contributed by atoms with E-state index in [1.165, 1.54) is 12.7 Å². The van der Waals surface area contributed by atoms with Crippen molar-refractivity contribution in [2.45, 2.75) is 20.1 Å². The van der Waals surface area contributed by atoms with Crippen molar-refractivity contribution >= 4 is 27.8 Å². The molecule has 0 saturated heterocycles. The third kappa shape index (κ3) is 3.30. The third-order valence-electron chi connectivity index (χ3n) is 4.69. The Kier molecular flexibility index (Phi) is 4.71. The van der Waals surface area contributed by atoms with E-state index in [0.717, 1.165) is 27.4 Å². The van der Waals surface area contributed by atoms with Crippen LogP contribution >= 0.6 is 0 Å². The number of hydrogen-bond acceptors (Lipinski definition) is 4. The van der Waals surface area contributed by atoms with Crippen molar-refractivity contribution < 1.29 is 19.4 Å². The lowest BCUT2D eigenvalue weighted by atomic mass is 10.1. The Morgan fingerprint density at radius 3 is 2.75 bits per heavy atom. The summed E-state index contributed by atoms with van der Waals surface area (Å²) in [7, 11) is 1.54. The van der Waals surface area contributed by atoms with Crippen molar-refractivity contribution in [3.05, 3.63) is 71.0 Å². The summed E-state index contributed by atoms with van der Waals surface area (Å²) in [6, 6.07) is 13.9. The minimum atomic E-state index is -1.07. The summed E-state index contributed by atoms with van der Waals surface area (Å²) in [6.07, 6.45) is 1.55. The zero-order chi connectivity index (χ0) is 19.7. The Balaban J connectivity index is 1.77. The van der Waals surface area contributed by atoms with E-state index < -0.39 is 5.97 Å². The Bertz CT molecular complexity index is 1180. The highest BCUT2D eigenvalue weighted by molar-refractivity contribution is 6.11. The molecule has 4 aromatic rings. The van der Waals surface area contributed by atoms with Gasteiger partial charge in [-0.3, -0.25) is 0 Å². The maximum Gasteiger partial charge on any atom is 0.354 e. The Hall–Kier alpha value is -3.38. The van der Waals surface area contributed by atoms with Crippen molar-refractivity contribution in [2.24, 2.45) is 0 Å². The quantitative estimate of drug-likeness (QED) is 0.519. The number of aryl methyl sites for hydroxylation is 1. The first-order valence-electron chi connectivity index (χ1n) is 8.90. The van der Waals surface area contributed by atoms with Gasteiger partial charge in [-0.2, -0.15) is 0 Å². The number of aromatic carboxylic acids is 1. The molecule has 4 rings (SSSR count). The largest absolute Gasteiger partial charge is 0.489 e. The number of pyridine rings is 1.